The Labute approximate surface area is 242 Å². The van der Waals surface area contributed by atoms with E-state index >= 15 is 0 Å². The molecule has 1 amide bonds. The lowest BCUT2D eigenvalue weighted by atomic mass is 9.98. The molecule has 1 N–H and O–H groups in total. The van der Waals surface area contributed by atoms with Crippen molar-refractivity contribution in [2.24, 2.45) is 9.98 Å². The van der Waals surface area contributed by atoms with Crippen molar-refractivity contribution in [1.82, 2.24) is 20.1 Å². The Hall–Kier alpha value is -3.76. The van der Waals surface area contributed by atoms with Crippen LogP contribution in [0.15, 0.2) is 63.7 Å². The number of hydrogen-bond donors (Lipinski definition) is 1. The lowest BCUT2D eigenvalue weighted by Crippen LogP contribution is -2.55. The summed E-state index contributed by atoms with van der Waals surface area (Å²) < 4.78 is 12.3. The van der Waals surface area contributed by atoms with Gasteiger partial charge in [-0.3, -0.25) is 29.3 Å². The Bertz CT molecular complexity index is 1550. The Morgan fingerprint density at radius 3 is 2.71 bits per heavy atom. The highest BCUT2D eigenvalue weighted by atomic mass is 32.2. The van der Waals surface area contributed by atoms with Crippen molar-refractivity contribution in [3.63, 3.8) is 0 Å². The molecule has 1 fully saturated rings. The zero-order chi connectivity index (χ0) is 28.6. The minimum Gasteiger partial charge on any atom is -0.368 e. The van der Waals surface area contributed by atoms with E-state index in [9.17, 15) is 9.00 Å². The molecule has 9 nitrogen and oxygen atoms in total. The van der Waals surface area contributed by atoms with Crippen molar-refractivity contribution in [2.45, 2.75) is 43.3 Å². The number of aromatic nitrogens is 1. The monoisotopic (exact) mass is 571 g/mol. The molecule has 0 spiro atoms. The molecule has 1 aliphatic carbocycles. The number of anilines is 1. The van der Waals surface area contributed by atoms with E-state index in [-0.39, 0.29) is 24.7 Å². The average Bonchev–Trinajstić information content (AvgIpc) is 2.99. The van der Waals surface area contributed by atoms with E-state index < -0.39 is 9.52 Å². The van der Waals surface area contributed by atoms with Crippen LogP contribution in [-0.2, 0) is 20.7 Å². The zero-order valence-electron chi connectivity index (χ0n) is 23.7. The number of rotatable bonds is 6. The molecule has 3 atom stereocenters. The van der Waals surface area contributed by atoms with Crippen LogP contribution in [0.2, 0.25) is 0 Å². The molecular weight excluding hydrogens is 534 g/mol. The number of piperazine rings is 1. The fraction of sp³-hybridized carbons (Fsp3) is 0.387. The predicted molar refractivity (Wildman–Crippen MR) is 167 cm³/mol. The van der Waals surface area contributed by atoms with Gasteiger partial charge in [-0.25, -0.2) is 0 Å². The molecule has 41 heavy (non-hydrogen) atoms. The number of aliphatic imine (C=N–C) groups is 2. The highest BCUT2D eigenvalue weighted by molar-refractivity contribution is 7.99. The van der Waals surface area contributed by atoms with Gasteiger partial charge in [0.15, 0.2) is 0 Å². The van der Waals surface area contributed by atoms with Gasteiger partial charge in [-0.05, 0) is 65.0 Å². The van der Waals surface area contributed by atoms with Gasteiger partial charge in [0, 0.05) is 73.1 Å². The molecular formula is C31H37N7O2S. The van der Waals surface area contributed by atoms with Gasteiger partial charge in [0.05, 0.1) is 30.7 Å². The molecule has 214 valence electrons. The Morgan fingerprint density at radius 2 is 1.95 bits per heavy atom. The van der Waals surface area contributed by atoms with Gasteiger partial charge in [-0.1, -0.05) is 18.2 Å². The maximum atomic E-state index is 13.3. The second-order valence-electron chi connectivity index (χ2n) is 11.1. The molecule has 3 aliphatic heterocycles. The van der Waals surface area contributed by atoms with Crippen LogP contribution in [0.4, 0.5) is 5.69 Å². The number of carbonyl (C=O) groups excluding carboxylic acids is 1. The first kappa shape index (κ1) is 27.4. The number of pyridine rings is 1. The molecule has 1 saturated heterocycles. The third-order valence-corrected chi connectivity index (χ3v) is 9.43. The number of amidine groups is 1. The molecule has 1 aromatic carbocycles. The molecule has 4 aliphatic rings. The fourth-order valence-electron chi connectivity index (χ4n) is 5.95. The van der Waals surface area contributed by atoms with E-state index in [0.29, 0.717) is 19.5 Å². The maximum Gasteiger partial charge on any atom is 0.236 e. The van der Waals surface area contributed by atoms with Crippen LogP contribution in [-0.4, -0.2) is 88.0 Å². The van der Waals surface area contributed by atoms with Crippen molar-refractivity contribution >= 4 is 45.1 Å². The van der Waals surface area contributed by atoms with Gasteiger partial charge in [-0.15, -0.1) is 0 Å². The summed E-state index contributed by atoms with van der Waals surface area (Å²) in [4.78, 5) is 34.4. The number of nitrogens with zero attached hydrogens (tertiary/aromatic N) is 6. The van der Waals surface area contributed by atoms with E-state index in [1.54, 1.807) is 18.7 Å². The zero-order valence-corrected chi connectivity index (χ0v) is 24.5. The quantitative estimate of drug-likeness (QED) is 0.536. The average molecular weight is 572 g/mol. The van der Waals surface area contributed by atoms with Gasteiger partial charge in [-0.2, -0.15) is 0 Å². The summed E-state index contributed by atoms with van der Waals surface area (Å²) in [7, 11) is -2.27. The largest absolute Gasteiger partial charge is 0.368 e. The number of benzene rings is 1. The minimum atomic E-state index is -2.27. The number of hydrogen-bond acceptors (Lipinski definition) is 8. The van der Waals surface area contributed by atoms with Crippen LogP contribution in [0.1, 0.15) is 41.4 Å². The van der Waals surface area contributed by atoms with Crippen molar-refractivity contribution in [1.29, 1.82) is 0 Å². The first-order valence-corrected chi connectivity index (χ1v) is 16.3. The van der Waals surface area contributed by atoms with E-state index in [4.69, 9.17) is 9.98 Å². The van der Waals surface area contributed by atoms with Crippen molar-refractivity contribution in [3.05, 3.63) is 71.3 Å². The van der Waals surface area contributed by atoms with Crippen molar-refractivity contribution in [3.8, 4) is 0 Å². The van der Waals surface area contributed by atoms with Crippen LogP contribution in [0.3, 0.4) is 0 Å². The van der Waals surface area contributed by atoms with E-state index in [1.807, 2.05) is 47.2 Å². The van der Waals surface area contributed by atoms with Crippen LogP contribution in [0.5, 0.6) is 0 Å². The summed E-state index contributed by atoms with van der Waals surface area (Å²) >= 11 is 0. The van der Waals surface area contributed by atoms with E-state index in [0.717, 1.165) is 53.6 Å². The van der Waals surface area contributed by atoms with Gasteiger partial charge >= 0.3 is 0 Å². The highest BCUT2D eigenvalue weighted by Crippen LogP contribution is 2.31. The lowest BCUT2D eigenvalue weighted by Gasteiger charge is -2.39. The molecule has 0 radical (unpaired) electrons. The fourth-order valence-corrected chi connectivity index (χ4v) is 6.66. The summed E-state index contributed by atoms with van der Waals surface area (Å²) in [6.45, 7) is 5.32. The molecule has 2 unspecified atom stereocenters. The summed E-state index contributed by atoms with van der Waals surface area (Å²) in [6, 6.07) is 9.78. The number of nitrogens with one attached hydrogen (secondary N) is 1. The smallest absolute Gasteiger partial charge is 0.236 e. The summed E-state index contributed by atoms with van der Waals surface area (Å²) in [5.41, 5.74) is 5.74. The highest BCUT2D eigenvalue weighted by Gasteiger charge is 2.32. The molecule has 1 aromatic heterocycles. The molecule has 2 aromatic rings. The minimum absolute atomic E-state index is 0.105. The lowest BCUT2D eigenvalue weighted by molar-refractivity contribution is -0.130. The van der Waals surface area contributed by atoms with Crippen LogP contribution in [0, 0.1) is 6.92 Å². The third-order valence-electron chi connectivity index (χ3n) is 8.16. The number of allylic oxidation sites excluding steroid dienone is 1. The summed E-state index contributed by atoms with van der Waals surface area (Å²) in [6.07, 6.45) is 14.0. The molecule has 4 heterocycles. The second-order valence-corrected chi connectivity index (χ2v) is 13.6. The second kappa shape index (κ2) is 11.3. The number of aryl methyl sites for hydroxylation is 1. The summed E-state index contributed by atoms with van der Waals surface area (Å²) in [5.74, 6) is 4.65. The molecule has 0 saturated carbocycles. The number of carbonyl (C=O) groups is 1. The van der Waals surface area contributed by atoms with Crippen LogP contribution >= 0.6 is 0 Å². The maximum absolute atomic E-state index is 13.3. The Balaban J connectivity index is 1.09. The molecule has 0 bridgehead atoms. The van der Waals surface area contributed by atoms with E-state index in [1.165, 1.54) is 11.3 Å². The van der Waals surface area contributed by atoms with Gasteiger partial charge in [0.25, 0.3) is 0 Å². The first-order chi connectivity index (χ1) is 19.8. The van der Waals surface area contributed by atoms with Crippen molar-refractivity contribution < 1.29 is 9.00 Å². The van der Waals surface area contributed by atoms with Crippen LogP contribution < -0.4 is 10.2 Å². The standard InChI is InChI=1S/C31H37N7O2S/c1-22-18-28(25-6-4-5-7-26(25)34-22)36-14-16-37(17-15-36)31(39)21-33-29-19-27(35-30-20-32-12-13-38(29)30)23-8-10-24(11-9-23)41(2,3)40/h5,7-13,18,20,27,29,33H,2,4,6,14-17,19,21H2,1,3H3/t27-,29?,41?/m1/s1. The number of fused-ring (bicyclic) bond motifs is 2. The molecule has 6 rings (SSSR count). The van der Waals surface area contributed by atoms with Gasteiger partial charge in [0.2, 0.25) is 5.91 Å². The Morgan fingerprint density at radius 1 is 1.17 bits per heavy atom. The van der Waals surface area contributed by atoms with Crippen molar-refractivity contribution in [2.75, 3.05) is 43.9 Å². The van der Waals surface area contributed by atoms with Gasteiger partial charge < -0.3 is 14.7 Å². The third kappa shape index (κ3) is 5.85. The van der Waals surface area contributed by atoms with Crippen LogP contribution in [0.25, 0.3) is 6.08 Å². The first-order valence-electron chi connectivity index (χ1n) is 14.2. The Kier molecular flexibility index (Phi) is 7.52. The van der Waals surface area contributed by atoms with E-state index in [2.05, 4.69) is 39.3 Å². The van der Waals surface area contributed by atoms with Gasteiger partial charge in [0.1, 0.15) is 5.84 Å². The topological polar surface area (TPSA) is 93.5 Å². The predicted octanol–water partition coefficient (Wildman–Crippen LogP) is 3.02. The molecule has 10 heteroatoms. The normalized spacial score (nSPS) is 23.1. The number of amides is 1. The summed E-state index contributed by atoms with van der Waals surface area (Å²) in [5, 5.41) is 3.50. The SMILES string of the molecule is C=S(C)(=O)c1ccc([C@H]2CC(NCC(=O)N3CCN(c4cc(C)nc5c4CCC=C5)CC3)N3C=CN=CC3=N2)cc1.